The van der Waals surface area contributed by atoms with E-state index in [1.807, 2.05) is 18.2 Å². The van der Waals surface area contributed by atoms with Gasteiger partial charge in [-0.15, -0.1) is 0 Å². The second-order valence-corrected chi connectivity index (χ2v) is 2.78. The van der Waals surface area contributed by atoms with Crippen LogP contribution >= 0.6 is 0 Å². The van der Waals surface area contributed by atoms with Crippen LogP contribution in [0.1, 0.15) is 31.9 Å². The van der Waals surface area contributed by atoms with E-state index >= 15 is 0 Å². The van der Waals surface area contributed by atoms with E-state index in [-0.39, 0.29) is 0 Å². The van der Waals surface area contributed by atoms with Gasteiger partial charge in [0.1, 0.15) is 0 Å². The quantitative estimate of drug-likeness (QED) is 0.506. The maximum Gasteiger partial charge on any atom is 0.236 e. The third-order valence-electron chi connectivity index (χ3n) is 1.99. The minimum absolute atomic E-state index is 0.418. The summed E-state index contributed by atoms with van der Waals surface area (Å²) in [6.45, 7) is 4.21. The first kappa shape index (κ1) is 8.05. The normalized spacial score (nSPS) is 12.9. The Morgan fingerprint density at radius 1 is 1.55 bits per heavy atom. The number of rotatable bonds is 2. The molecule has 2 heteroatoms. The van der Waals surface area contributed by atoms with Crippen molar-refractivity contribution in [2.75, 3.05) is 0 Å². The van der Waals surface area contributed by atoms with Crippen LogP contribution in [-0.2, 0) is 0 Å². The number of hydrogen-bond donors (Lipinski definition) is 1. The van der Waals surface area contributed by atoms with E-state index in [0.29, 0.717) is 5.92 Å². The zero-order chi connectivity index (χ0) is 8.27. The molecule has 1 aromatic rings. The lowest BCUT2D eigenvalue weighted by Gasteiger charge is -2.01. The SMILES string of the molecule is CCC(C)c1cccc[n+]1O. The van der Waals surface area contributed by atoms with Gasteiger partial charge >= 0.3 is 0 Å². The van der Waals surface area contributed by atoms with Gasteiger partial charge in [-0.3, -0.25) is 5.21 Å². The average molecular weight is 152 g/mol. The number of pyridine rings is 1. The van der Waals surface area contributed by atoms with E-state index in [1.54, 1.807) is 6.20 Å². The van der Waals surface area contributed by atoms with Gasteiger partial charge < -0.3 is 0 Å². The van der Waals surface area contributed by atoms with Crippen molar-refractivity contribution in [3.63, 3.8) is 0 Å². The molecule has 0 saturated carbocycles. The van der Waals surface area contributed by atoms with Gasteiger partial charge in [-0.05, 0) is 12.5 Å². The number of hydrogen-bond acceptors (Lipinski definition) is 1. The Bertz CT molecular complexity index is 235. The fourth-order valence-corrected chi connectivity index (χ4v) is 1.05. The fourth-order valence-electron chi connectivity index (χ4n) is 1.05. The van der Waals surface area contributed by atoms with Crippen LogP contribution in [0.3, 0.4) is 0 Å². The van der Waals surface area contributed by atoms with Crippen molar-refractivity contribution in [2.24, 2.45) is 0 Å². The topological polar surface area (TPSA) is 24.1 Å². The van der Waals surface area contributed by atoms with Gasteiger partial charge in [-0.2, -0.15) is 0 Å². The van der Waals surface area contributed by atoms with Crippen molar-refractivity contribution in [1.29, 1.82) is 0 Å². The maximum atomic E-state index is 9.33. The van der Waals surface area contributed by atoms with E-state index < -0.39 is 0 Å². The molecule has 2 nitrogen and oxygen atoms in total. The van der Waals surface area contributed by atoms with E-state index in [4.69, 9.17) is 0 Å². The zero-order valence-electron chi connectivity index (χ0n) is 6.99. The van der Waals surface area contributed by atoms with Gasteiger partial charge in [-0.1, -0.05) is 13.8 Å². The van der Waals surface area contributed by atoms with Crippen LogP contribution in [0.25, 0.3) is 0 Å². The Balaban J connectivity index is 2.93. The molecule has 1 rings (SSSR count). The largest absolute Gasteiger partial charge is 0.285 e. The molecule has 1 unspecified atom stereocenters. The molecule has 1 atom stereocenters. The Morgan fingerprint density at radius 3 is 2.82 bits per heavy atom. The van der Waals surface area contributed by atoms with Crippen LogP contribution in [-0.4, -0.2) is 5.21 Å². The first-order valence-electron chi connectivity index (χ1n) is 3.95. The molecule has 0 aromatic carbocycles. The summed E-state index contributed by atoms with van der Waals surface area (Å²) in [6, 6.07) is 5.69. The van der Waals surface area contributed by atoms with Crippen LogP contribution in [0.5, 0.6) is 0 Å². The van der Waals surface area contributed by atoms with Gasteiger partial charge in [0.15, 0.2) is 0 Å². The summed E-state index contributed by atoms with van der Waals surface area (Å²) in [5, 5.41) is 9.33. The maximum absolute atomic E-state index is 9.33. The molecule has 0 aliphatic carbocycles. The van der Waals surface area contributed by atoms with E-state index in [2.05, 4.69) is 13.8 Å². The number of aromatic nitrogens is 1. The van der Waals surface area contributed by atoms with Crippen LogP contribution < -0.4 is 4.73 Å². The highest BCUT2D eigenvalue weighted by Gasteiger charge is 2.14. The highest BCUT2D eigenvalue weighted by Crippen LogP contribution is 2.12. The van der Waals surface area contributed by atoms with Crippen molar-refractivity contribution in [1.82, 2.24) is 0 Å². The molecule has 0 saturated heterocycles. The average Bonchev–Trinajstić information content (AvgIpc) is 2.04. The summed E-state index contributed by atoms with van der Waals surface area (Å²) in [4.78, 5) is 0. The van der Waals surface area contributed by atoms with Gasteiger partial charge in [0, 0.05) is 22.8 Å². The first-order valence-corrected chi connectivity index (χ1v) is 3.95. The molecule has 1 N–H and O–H groups in total. The van der Waals surface area contributed by atoms with Crippen LogP contribution in [0.15, 0.2) is 24.4 Å². The van der Waals surface area contributed by atoms with E-state index in [0.717, 1.165) is 12.1 Å². The van der Waals surface area contributed by atoms with Crippen molar-refractivity contribution in [3.05, 3.63) is 30.1 Å². The molecule has 0 amide bonds. The second kappa shape index (κ2) is 3.37. The van der Waals surface area contributed by atoms with Gasteiger partial charge in [0.2, 0.25) is 11.9 Å². The van der Waals surface area contributed by atoms with Crippen molar-refractivity contribution in [2.45, 2.75) is 26.2 Å². The second-order valence-electron chi connectivity index (χ2n) is 2.78. The molecule has 1 heterocycles. The van der Waals surface area contributed by atoms with Crippen molar-refractivity contribution in [3.8, 4) is 0 Å². The highest BCUT2D eigenvalue weighted by atomic mass is 16.5. The predicted molar refractivity (Wildman–Crippen MR) is 42.5 cm³/mol. The molecule has 11 heavy (non-hydrogen) atoms. The molecular weight excluding hydrogens is 138 g/mol. The third kappa shape index (κ3) is 1.70. The first-order chi connectivity index (χ1) is 5.25. The molecular formula is C9H14NO+. The summed E-state index contributed by atoms with van der Waals surface area (Å²) < 4.78 is 1.19. The molecule has 1 aromatic heterocycles. The molecule has 0 aliphatic rings. The smallest absolute Gasteiger partial charge is 0.236 e. The number of nitrogens with zero attached hydrogens (tertiary/aromatic N) is 1. The van der Waals surface area contributed by atoms with Crippen molar-refractivity contribution < 1.29 is 9.94 Å². The summed E-state index contributed by atoms with van der Waals surface area (Å²) in [5.41, 5.74) is 0.968. The van der Waals surface area contributed by atoms with Crippen LogP contribution in [0, 0.1) is 0 Å². The standard InChI is InChI=1S/C9H14NO/c1-3-8(2)9-6-4-5-7-10(9)11/h4-8,11H,3H2,1-2H3/q+1. The highest BCUT2D eigenvalue weighted by molar-refractivity contribution is 5.01. The van der Waals surface area contributed by atoms with Crippen LogP contribution in [0.2, 0.25) is 0 Å². The van der Waals surface area contributed by atoms with Gasteiger partial charge in [-0.25, -0.2) is 0 Å². The van der Waals surface area contributed by atoms with Gasteiger partial charge in [0.25, 0.3) is 0 Å². The third-order valence-corrected chi connectivity index (χ3v) is 1.99. The summed E-state index contributed by atoms with van der Waals surface area (Å²) in [5.74, 6) is 0.418. The predicted octanol–water partition coefficient (Wildman–Crippen LogP) is 1.72. The van der Waals surface area contributed by atoms with Gasteiger partial charge in [0.05, 0.1) is 0 Å². The summed E-state index contributed by atoms with van der Waals surface area (Å²) in [6.07, 6.45) is 2.70. The molecule has 0 aliphatic heterocycles. The lowest BCUT2D eigenvalue weighted by atomic mass is 10.0. The molecule has 60 valence electrons. The minimum atomic E-state index is 0.418. The summed E-state index contributed by atoms with van der Waals surface area (Å²) >= 11 is 0. The minimum Gasteiger partial charge on any atom is -0.285 e. The lowest BCUT2D eigenvalue weighted by molar-refractivity contribution is -0.910. The van der Waals surface area contributed by atoms with Crippen LogP contribution in [0.4, 0.5) is 0 Å². The summed E-state index contributed by atoms with van der Waals surface area (Å²) in [7, 11) is 0. The molecule has 0 fully saturated rings. The Kier molecular flexibility index (Phi) is 2.47. The zero-order valence-corrected chi connectivity index (χ0v) is 6.99. The molecule has 0 bridgehead atoms. The van der Waals surface area contributed by atoms with E-state index in [1.165, 1.54) is 4.73 Å². The monoisotopic (exact) mass is 152 g/mol. The fraction of sp³-hybridized carbons (Fsp3) is 0.444. The molecule has 0 radical (unpaired) electrons. The van der Waals surface area contributed by atoms with Crippen molar-refractivity contribution >= 4 is 0 Å². The Labute approximate surface area is 67.1 Å². The Morgan fingerprint density at radius 2 is 2.27 bits per heavy atom. The lowest BCUT2D eigenvalue weighted by Crippen LogP contribution is -2.35. The Hall–Kier alpha value is -1.05. The van der Waals surface area contributed by atoms with E-state index in [9.17, 15) is 5.21 Å². The molecule has 0 spiro atoms.